The number of hydrogen-bond acceptors (Lipinski definition) is 5. The molecule has 1 amide bonds. The SMILES string of the molecule is CCc1ccc2occ(/C=N/NC(=O)c3cc(-c4ccc(Cl)cc4)nc(-c4ccc(Cl)cc4)c3)c(=O)c2c1. The first-order chi connectivity index (χ1) is 18.4. The lowest BCUT2D eigenvalue weighted by Gasteiger charge is -2.09. The van der Waals surface area contributed by atoms with Gasteiger partial charge in [-0.2, -0.15) is 5.10 Å². The number of nitrogens with zero attached hydrogens (tertiary/aromatic N) is 2. The molecule has 5 aromatic rings. The van der Waals surface area contributed by atoms with Crippen LogP contribution in [0.4, 0.5) is 0 Å². The van der Waals surface area contributed by atoms with Gasteiger partial charge in [-0.25, -0.2) is 10.4 Å². The summed E-state index contributed by atoms with van der Waals surface area (Å²) in [5.41, 5.74) is 7.13. The van der Waals surface area contributed by atoms with Crippen LogP contribution >= 0.6 is 23.2 Å². The van der Waals surface area contributed by atoms with Gasteiger partial charge in [0.2, 0.25) is 5.43 Å². The summed E-state index contributed by atoms with van der Waals surface area (Å²) in [5.74, 6) is -0.465. The first kappa shape index (κ1) is 25.4. The van der Waals surface area contributed by atoms with Crippen LogP contribution < -0.4 is 10.9 Å². The van der Waals surface area contributed by atoms with Gasteiger partial charge >= 0.3 is 0 Å². The number of pyridine rings is 1. The highest BCUT2D eigenvalue weighted by atomic mass is 35.5. The predicted molar refractivity (Wildman–Crippen MR) is 152 cm³/mol. The van der Waals surface area contributed by atoms with Crippen molar-refractivity contribution in [3.05, 3.63) is 122 Å². The van der Waals surface area contributed by atoms with Gasteiger partial charge in [0, 0.05) is 26.7 Å². The van der Waals surface area contributed by atoms with Gasteiger partial charge in [-0.15, -0.1) is 0 Å². The second-order valence-electron chi connectivity index (χ2n) is 8.54. The molecule has 0 saturated heterocycles. The first-order valence-corrected chi connectivity index (χ1v) is 12.6. The number of aryl methyl sites for hydroxylation is 1. The molecule has 3 aromatic carbocycles. The number of carbonyl (C=O) groups is 1. The van der Waals surface area contributed by atoms with Crippen molar-refractivity contribution in [1.29, 1.82) is 0 Å². The minimum absolute atomic E-state index is 0.224. The number of rotatable bonds is 6. The molecule has 0 spiro atoms. The third-order valence-corrected chi connectivity index (χ3v) is 6.51. The van der Waals surface area contributed by atoms with E-state index in [0.717, 1.165) is 23.1 Å². The highest BCUT2D eigenvalue weighted by molar-refractivity contribution is 6.31. The minimum atomic E-state index is -0.465. The van der Waals surface area contributed by atoms with Crippen LogP contribution in [-0.2, 0) is 6.42 Å². The highest BCUT2D eigenvalue weighted by Crippen LogP contribution is 2.27. The normalized spacial score (nSPS) is 11.2. The summed E-state index contributed by atoms with van der Waals surface area (Å²) < 4.78 is 5.58. The molecule has 0 aliphatic carbocycles. The molecule has 0 saturated carbocycles. The van der Waals surface area contributed by atoms with Crippen LogP contribution in [0.1, 0.15) is 28.4 Å². The zero-order valence-electron chi connectivity index (χ0n) is 20.2. The molecule has 0 bridgehead atoms. The smallest absolute Gasteiger partial charge is 0.271 e. The maximum absolute atomic E-state index is 13.1. The van der Waals surface area contributed by atoms with Crippen LogP contribution in [0, 0.1) is 0 Å². The summed E-state index contributed by atoms with van der Waals surface area (Å²) in [7, 11) is 0. The third-order valence-electron chi connectivity index (χ3n) is 6.01. The van der Waals surface area contributed by atoms with E-state index in [1.807, 2.05) is 43.3 Å². The van der Waals surface area contributed by atoms with Gasteiger partial charge in [-0.1, -0.05) is 60.5 Å². The Balaban J connectivity index is 1.45. The molecule has 5 rings (SSSR count). The summed E-state index contributed by atoms with van der Waals surface area (Å²) >= 11 is 12.1. The zero-order valence-corrected chi connectivity index (χ0v) is 21.8. The Morgan fingerprint density at radius 3 is 2.11 bits per heavy atom. The van der Waals surface area contributed by atoms with E-state index < -0.39 is 5.91 Å². The van der Waals surface area contributed by atoms with Gasteiger partial charge in [0.15, 0.2) is 0 Å². The second-order valence-corrected chi connectivity index (χ2v) is 9.42. The average Bonchev–Trinajstić information content (AvgIpc) is 2.94. The van der Waals surface area contributed by atoms with Crippen LogP contribution in [0.5, 0.6) is 0 Å². The molecule has 2 heterocycles. The number of aromatic nitrogens is 1. The lowest BCUT2D eigenvalue weighted by molar-refractivity contribution is 0.0955. The van der Waals surface area contributed by atoms with E-state index in [9.17, 15) is 9.59 Å². The van der Waals surface area contributed by atoms with Crippen LogP contribution in [0.3, 0.4) is 0 Å². The minimum Gasteiger partial charge on any atom is -0.463 e. The van der Waals surface area contributed by atoms with Crippen molar-refractivity contribution in [2.75, 3.05) is 0 Å². The zero-order chi connectivity index (χ0) is 26.6. The summed E-state index contributed by atoms with van der Waals surface area (Å²) in [6, 6.07) is 23.2. The largest absolute Gasteiger partial charge is 0.463 e. The maximum Gasteiger partial charge on any atom is 0.271 e. The first-order valence-electron chi connectivity index (χ1n) is 11.8. The third kappa shape index (κ3) is 5.52. The maximum atomic E-state index is 13.1. The number of nitrogens with one attached hydrogen (secondary N) is 1. The molecule has 38 heavy (non-hydrogen) atoms. The Hall–Kier alpha value is -4.26. The molecule has 0 atom stereocenters. The molecule has 6 nitrogen and oxygen atoms in total. The fraction of sp³-hybridized carbons (Fsp3) is 0.0667. The number of hydrogen-bond donors (Lipinski definition) is 1. The summed E-state index contributed by atoms with van der Waals surface area (Å²) in [6.07, 6.45) is 3.41. The number of amides is 1. The van der Waals surface area contributed by atoms with Crippen molar-refractivity contribution in [2.45, 2.75) is 13.3 Å². The van der Waals surface area contributed by atoms with E-state index in [4.69, 9.17) is 32.6 Å². The molecular weight excluding hydrogens is 521 g/mol. The van der Waals surface area contributed by atoms with Crippen LogP contribution in [0.25, 0.3) is 33.5 Å². The van der Waals surface area contributed by atoms with E-state index in [-0.39, 0.29) is 11.0 Å². The molecule has 0 fully saturated rings. The van der Waals surface area contributed by atoms with E-state index in [0.29, 0.717) is 38.0 Å². The van der Waals surface area contributed by atoms with Crippen LogP contribution in [0.2, 0.25) is 10.0 Å². The molecule has 0 aliphatic rings. The lowest BCUT2D eigenvalue weighted by atomic mass is 10.0. The van der Waals surface area contributed by atoms with Gasteiger partial charge in [-0.05, 0) is 60.5 Å². The molecule has 0 unspecified atom stereocenters. The second kappa shape index (κ2) is 11.0. The van der Waals surface area contributed by atoms with Crippen molar-refractivity contribution in [3.8, 4) is 22.5 Å². The Kier molecular flexibility index (Phi) is 7.36. The van der Waals surface area contributed by atoms with Crippen molar-refractivity contribution in [3.63, 3.8) is 0 Å². The number of benzene rings is 3. The quantitative estimate of drug-likeness (QED) is 0.182. The van der Waals surface area contributed by atoms with Gasteiger partial charge in [0.05, 0.1) is 28.6 Å². The monoisotopic (exact) mass is 541 g/mol. The van der Waals surface area contributed by atoms with Gasteiger partial charge in [0.25, 0.3) is 5.91 Å². The van der Waals surface area contributed by atoms with E-state index in [2.05, 4.69) is 10.5 Å². The Bertz CT molecular complexity index is 1660. The standard InChI is InChI=1S/C30H21Cl2N3O3/c1-2-18-3-12-28-25(13-18)29(36)22(17-38-28)16-33-35-30(37)21-14-26(19-4-8-23(31)9-5-19)34-27(15-21)20-6-10-24(32)11-7-20/h3-17H,2H2,1H3,(H,35,37)/b33-16+. The predicted octanol–water partition coefficient (Wildman–Crippen LogP) is 7.16. The van der Waals surface area contributed by atoms with E-state index >= 15 is 0 Å². The summed E-state index contributed by atoms with van der Waals surface area (Å²) in [6.45, 7) is 2.01. The Morgan fingerprint density at radius 2 is 1.53 bits per heavy atom. The molecule has 1 N–H and O–H groups in total. The number of halogens is 2. The molecule has 188 valence electrons. The molecule has 8 heteroatoms. The summed E-state index contributed by atoms with van der Waals surface area (Å²) in [4.78, 5) is 30.7. The fourth-order valence-corrected chi connectivity index (χ4v) is 4.18. The van der Waals surface area contributed by atoms with Crippen LogP contribution in [0.15, 0.2) is 99.4 Å². The van der Waals surface area contributed by atoms with Gasteiger partial charge < -0.3 is 4.42 Å². The van der Waals surface area contributed by atoms with E-state index in [1.54, 1.807) is 42.5 Å². The topological polar surface area (TPSA) is 84.6 Å². The molecular formula is C30H21Cl2N3O3. The molecule has 0 aliphatic heterocycles. The van der Waals surface area contributed by atoms with Gasteiger partial charge in [0.1, 0.15) is 11.8 Å². The van der Waals surface area contributed by atoms with E-state index in [1.165, 1.54) is 12.5 Å². The highest BCUT2D eigenvalue weighted by Gasteiger charge is 2.13. The van der Waals surface area contributed by atoms with Crippen molar-refractivity contribution < 1.29 is 9.21 Å². The number of hydrazone groups is 1. The number of carbonyl (C=O) groups excluding carboxylic acids is 1. The van der Waals surface area contributed by atoms with Crippen molar-refractivity contribution in [2.24, 2.45) is 5.10 Å². The Morgan fingerprint density at radius 1 is 0.921 bits per heavy atom. The van der Waals surface area contributed by atoms with Gasteiger partial charge in [-0.3, -0.25) is 9.59 Å². The lowest BCUT2D eigenvalue weighted by Crippen LogP contribution is -2.19. The van der Waals surface area contributed by atoms with Crippen LogP contribution in [-0.4, -0.2) is 17.1 Å². The fourth-order valence-electron chi connectivity index (χ4n) is 3.93. The van der Waals surface area contributed by atoms with Crippen molar-refractivity contribution >= 4 is 46.3 Å². The van der Waals surface area contributed by atoms with Crippen molar-refractivity contribution in [1.82, 2.24) is 10.4 Å². The number of fused-ring (bicyclic) bond motifs is 1. The molecule has 2 aromatic heterocycles. The average molecular weight is 542 g/mol. The molecule has 0 radical (unpaired) electrons. The Labute approximate surface area is 228 Å². The summed E-state index contributed by atoms with van der Waals surface area (Å²) in [5, 5.41) is 5.68.